The Labute approximate surface area is 146 Å². The minimum atomic E-state index is -6.61. The van der Waals surface area contributed by atoms with Gasteiger partial charge in [0.2, 0.25) is 0 Å². The second-order valence-electron chi connectivity index (χ2n) is 6.28. The van der Waals surface area contributed by atoms with Crippen molar-refractivity contribution < 1.29 is 47.5 Å². The molecular formula is C13H15F5O6S2. The monoisotopic (exact) mass is 426 g/mol. The summed E-state index contributed by atoms with van der Waals surface area (Å²) in [5.41, 5.74) is 0.155. The maximum atomic E-state index is 13.4. The predicted octanol–water partition coefficient (Wildman–Crippen LogP) is 3.10. The summed E-state index contributed by atoms with van der Waals surface area (Å²) >= 11 is 0. The first-order valence-corrected chi connectivity index (χ1v) is 9.60. The van der Waals surface area contributed by atoms with Crippen LogP contribution in [0.1, 0.15) is 26.3 Å². The number of benzene rings is 1. The minimum Gasteiger partial charge on any atom is -0.281 e. The number of hydrogen-bond donors (Lipinski definition) is 1. The van der Waals surface area contributed by atoms with Crippen molar-refractivity contribution in [1.29, 1.82) is 0 Å². The summed E-state index contributed by atoms with van der Waals surface area (Å²) in [5.74, 6) is 0. The number of rotatable bonds is 5. The average molecular weight is 426 g/mol. The lowest BCUT2D eigenvalue weighted by Gasteiger charge is -2.26. The summed E-state index contributed by atoms with van der Waals surface area (Å²) in [6, 6.07) is 4.13. The summed E-state index contributed by atoms with van der Waals surface area (Å²) in [5, 5.41) is -5.94. The zero-order valence-electron chi connectivity index (χ0n) is 13.6. The fourth-order valence-corrected chi connectivity index (χ4v) is 3.32. The molecule has 1 atom stereocenters. The highest BCUT2D eigenvalue weighted by molar-refractivity contribution is 7.87. The third-order valence-corrected chi connectivity index (χ3v) is 5.38. The third-order valence-electron chi connectivity index (χ3n) is 3.18. The van der Waals surface area contributed by atoms with Gasteiger partial charge in [0.25, 0.3) is 16.2 Å². The molecule has 0 heterocycles. The molecule has 1 N–H and O–H groups in total. The van der Waals surface area contributed by atoms with Crippen LogP contribution in [0.4, 0.5) is 22.0 Å². The highest BCUT2D eigenvalue weighted by Crippen LogP contribution is 2.39. The molecule has 0 aromatic heterocycles. The van der Waals surface area contributed by atoms with Gasteiger partial charge in [-0.25, -0.2) is 4.18 Å². The number of hydrogen-bond acceptors (Lipinski definition) is 5. The maximum absolute atomic E-state index is 13.4. The van der Waals surface area contributed by atoms with Gasteiger partial charge in [0.1, 0.15) is 0 Å². The normalized spacial score (nSPS) is 15.7. The molecule has 0 saturated carbocycles. The van der Waals surface area contributed by atoms with E-state index in [1.807, 2.05) is 0 Å². The largest absolute Gasteiger partial charge is 0.423 e. The van der Waals surface area contributed by atoms with Gasteiger partial charge in [-0.15, -0.1) is 0 Å². The molecule has 0 aliphatic rings. The molecule has 0 aliphatic carbocycles. The van der Waals surface area contributed by atoms with Crippen LogP contribution in [0, 0.1) is 0 Å². The summed E-state index contributed by atoms with van der Waals surface area (Å²) in [6.45, 7) is 5.29. The van der Waals surface area contributed by atoms with E-state index in [0.717, 1.165) is 12.1 Å². The van der Waals surface area contributed by atoms with E-state index >= 15 is 0 Å². The van der Waals surface area contributed by atoms with Crippen molar-refractivity contribution in [2.75, 3.05) is 0 Å². The van der Waals surface area contributed by atoms with Gasteiger partial charge < -0.3 is 0 Å². The third kappa shape index (κ3) is 4.90. The van der Waals surface area contributed by atoms with Gasteiger partial charge in [-0.05, 0) is 23.1 Å². The summed E-state index contributed by atoms with van der Waals surface area (Å²) in [7, 11) is -12.0. The number of halogens is 5. The zero-order chi connectivity index (χ0) is 20.8. The Kier molecular flexibility index (Phi) is 5.85. The zero-order valence-corrected chi connectivity index (χ0v) is 15.2. The van der Waals surface area contributed by atoms with E-state index in [1.54, 1.807) is 20.8 Å². The Morgan fingerprint density at radius 2 is 1.35 bits per heavy atom. The van der Waals surface area contributed by atoms with E-state index < -0.39 is 48.1 Å². The van der Waals surface area contributed by atoms with Gasteiger partial charge >= 0.3 is 21.5 Å². The van der Waals surface area contributed by atoms with Crippen LogP contribution in [0.25, 0.3) is 0 Å². The highest BCUT2D eigenvalue weighted by atomic mass is 32.2. The van der Waals surface area contributed by atoms with Crippen LogP contribution in [-0.2, 0) is 29.8 Å². The molecule has 0 radical (unpaired) electrons. The van der Waals surface area contributed by atoms with Crippen molar-refractivity contribution in [2.45, 2.75) is 48.6 Å². The molecule has 26 heavy (non-hydrogen) atoms. The summed E-state index contributed by atoms with van der Waals surface area (Å²) in [4.78, 5) is -0.897. The van der Waals surface area contributed by atoms with E-state index in [2.05, 4.69) is 4.18 Å². The van der Waals surface area contributed by atoms with Gasteiger partial charge in [0, 0.05) is 0 Å². The van der Waals surface area contributed by atoms with Gasteiger partial charge in [-0.1, -0.05) is 32.9 Å². The standard InChI is InChI=1S/C13H15F5O6S2/c1-11(2,3)8-4-6-9(7-5-8)25(19,20)24-10(12(14,15)16)13(17,18)26(21,22)23/h4-7,10H,1-3H3,(H,21,22,23). The van der Waals surface area contributed by atoms with E-state index in [4.69, 9.17) is 4.55 Å². The maximum Gasteiger partial charge on any atom is 0.423 e. The lowest BCUT2D eigenvalue weighted by Crippen LogP contribution is -2.52. The van der Waals surface area contributed by atoms with Crippen LogP contribution < -0.4 is 0 Å². The van der Waals surface area contributed by atoms with Crippen LogP contribution in [0.2, 0.25) is 0 Å². The van der Waals surface area contributed by atoms with Crippen molar-refractivity contribution in [1.82, 2.24) is 0 Å². The van der Waals surface area contributed by atoms with Crippen molar-refractivity contribution in [3.63, 3.8) is 0 Å². The summed E-state index contributed by atoms with van der Waals surface area (Å²) < 4.78 is 122. The van der Waals surface area contributed by atoms with Crippen molar-refractivity contribution >= 4 is 20.2 Å². The SMILES string of the molecule is CC(C)(C)c1ccc(S(=O)(=O)OC(C(F)(F)F)C(F)(F)S(=O)(=O)O)cc1. The molecule has 1 rings (SSSR count). The second-order valence-corrected chi connectivity index (χ2v) is 9.35. The van der Waals surface area contributed by atoms with Gasteiger partial charge in [0.05, 0.1) is 4.90 Å². The topological polar surface area (TPSA) is 97.7 Å². The Morgan fingerprint density at radius 1 is 0.923 bits per heavy atom. The first kappa shape index (κ1) is 22.7. The van der Waals surface area contributed by atoms with Crippen LogP contribution in [0.5, 0.6) is 0 Å². The van der Waals surface area contributed by atoms with Crippen LogP contribution in [0.15, 0.2) is 29.2 Å². The lowest BCUT2D eigenvalue weighted by molar-refractivity contribution is -0.237. The summed E-state index contributed by atoms with van der Waals surface area (Å²) in [6.07, 6.45) is -10.7. The van der Waals surface area contributed by atoms with Gasteiger partial charge in [-0.2, -0.15) is 38.8 Å². The molecular weight excluding hydrogens is 411 g/mol. The Bertz CT molecular complexity index is 852. The van der Waals surface area contributed by atoms with E-state index in [0.29, 0.717) is 5.56 Å². The molecule has 0 fully saturated rings. The van der Waals surface area contributed by atoms with Crippen molar-refractivity contribution in [2.24, 2.45) is 0 Å². The molecule has 0 saturated heterocycles. The van der Waals surface area contributed by atoms with E-state index in [-0.39, 0.29) is 0 Å². The molecule has 13 heteroatoms. The van der Waals surface area contributed by atoms with E-state index in [9.17, 15) is 38.8 Å². The molecule has 0 spiro atoms. The molecule has 1 unspecified atom stereocenters. The van der Waals surface area contributed by atoms with Gasteiger partial charge in [0.15, 0.2) is 0 Å². The first-order chi connectivity index (χ1) is 11.3. The van der Waals surface area contributed by atoms with Crippen molar-refractivity contribution in [3.05, 3.63) is 29.8 Å². The number of alkyl halides is 5. The van der Waals surface area contributed by atoms with Crippen molar-refractivity contribution in [3.8, 4) is 0 Å². The predicted molar refractivity (Wildman–Crippen MR) is 79.8 cm³/mol. The quantitative estimate of drug-likeness (QED) is 0.442. The smallest absolute Gasteiger partial charge is 0.281 e. The highest BCUT2D eigenvalue weighted by Gasteiger charge is 2.66. The fraction of sp³-hybridized carbons (Fsp3) is 0.538. The second kappa shape index (κ2) is 6.69. The molecule has 150 valence electrons. The molecule has 6 nitrogen and oxygen atoms in total. The fourth-order valence-electron chi connectivity index (χ4n) is 1.74. The lowest BCUT2D eigenvalue weighted by atomic mass is 9.87. The molecule has 1 aromatic carbocycles. The van der Waals surface area contributed by atoms with E-state index in [1.165, 1.54) is 12.1 Å². The molecule has 0 bridgehead atoms. The molecule has 0 aliphatic heterocycles. The molecule has 0 amide bonds. The minimum absolute atomic E-state index is 0.435. The van der Waals surface area contributed by atoms with Crippen LogP contribution in [0.3, 0.4) is 0 Å². The Hall–Kier alpha value is -1.31. The average Bonchev–Trinajstić information content (AvgIpc) is 2.41. The van der Waals surface area contributed by atoms with Crippen LogP contribution >= 0.6 is 0 Å². The van der Waals surface area contributed by atoms with Gasteiger partial charge in [-0.3, -0.25) is 4.55 Å². The van der Waals surface area contributed by atoms with Crippen LogP contribution in [-0.4, -0.2) is 38.9 Å². The first-order valence-electron chi connectivity index (χ1n) is 6.75. The Balaban J connectivity index is 3.35. The molecule has 1 aromatic rings. The Morgan fingerprint density at radius 3 is 1.65 bits per heavy atom.